The molecule has 5 nitrogen and oxygen atoms in total. The van der Waals surface area contributed by atoms with E-state index in [-0.39, 0.29) is 18.5 Å². The lowest BCUT2D eigenvalue weighted by Gasteiger charge is -2.16. The summed E-state index contributed by atoms with van der Waals surface area (Å²) in [6.07, 6.45) is -3.69. The first kappa shape index (κ1) is 24.8. The van der Waals surface area contributed by atoms with Crippen molar-refractivity contribution in [3.63, 3.8) is 0 Å². The van der Waals surface area contributed by atoms with E-state index in [2.05, 4.69) is 10.3 Å². The van der Waals surface area contributed by atoms with Crippen molar-refractivity contribution in [2.24, 2.45) is 0 Å². The molecule has 3 rings (SSSR count). The molecule has 10 heteroatoms. The number of carbonyl (C=O) groups is 2. The molecule has 0 bridgehead atoms. The average Bonchev–Trinajstić information content (AvgIpc) is 2.74. The fourth-order valence-corrected chi connectivity index (χ4v) is 3.42. The Morgan fingerprint density at radius 2 is 1.65 bits per heavy atom. The molecular formula is C24H19F5N2O3. The van der Waals surface area contributed by atoms with Crippen LogP contribution in [-0.4, -0.2) is 28.0 Å². The molecule has 2 aromatic carbocycles. The number of carbonyl (C=O) groups excluding carboxylic acids is 1. The first-order valence-electron chi connectivity index (χ1n) is 10.0. The molecule has 1 atom stereocenters. The zero-order valence-electron chi connectivity index (χ0n) is 17.8. The maximum Gasteiger partial charge on any atom is 0.418 e. The second-order valence-corrected chi connectivity index (χ2v) is 7.67. The number of aromatic nitrogens is 1. The molecule has 178 valence electrons. The molecule has 3 aromatic rings. The van der Waals surface area contributed by atoms with Crippen LogP contribution < -0.4 is 5.32 Å². The number of aryl methyl sites for hydroxylation is 1. The van der Waals surface area contributed by atoms with Crippen molar-refractivity contribution < 1.29 is 36.6 Å². The van der Waals surface area contributed by atoms with Gasteiger partial charge in [-0.05, 0) is 41.8 Å². The minimum absolute atomic E-state index is 0.159. The first-order valence-corrected chi connectivity index (χ1v) is 10.0. The number of carboxylic acids is 1. The van der Waals surface area contributed by atoms with Crippen LogP contribution in [0, 0.1) is 18.6 Å². The van der Waals surface area contributed by atoms with Crippen molar-refractivity contribution in [1.82, 2.24) is 10.3 Å². The van der Waals surface area contributed by atoms with Gasteiger partial charge in [-0.25, -0.2) is 13.6 Å². The molecule has 0 unspecified atom stereocenters. The van der Waals surface area contributed by atoms with Gasteiger partial charge in [0, 0.05) is 19.0 Å². The summed E-state index contributed by atoms with van der Waals surface area (Å²) in [4.78, 5) is 27.9. The Labute approximate surface area is 191 Å². The van der Waals surface area contributed by atoms with Crippen molar-refractivity contribution in [3.8, 4) is 0 Å². The molecule has 0 aliphatic carbocycles. The van der Waals surface area contributed by atoms with Gasteiger partial charge in [0.15, 0.2) is 0 Å². The summed E-state index contributed by atoms with van der Waals surface area (Å²) in [6, 6.07) is 8.38. The quantitative estimate of drug-likeness (QED) is 0.483. The van der Waals surface area contributed by atoms with Crippen LogP contribution in [0.2, 0.25) is 0 Å². The number of aliphatic carboxylic acids is 1. The van der Waals surface area contributed by atoms with Crippen molar-refractivity contribution in [1.29, 1.82) is 0 Å². The molecule has 0 saturated heterocycles. The number of alkyl halides is 3. The minimum atomic E-state index is -4.59. The van der Waals surface area contributed by atoms with Crippen molar-refractivity contribution in [3.05, 3.63) is 99.9 Å². The van der Waals surface area contributed by atoms with E-state index < -0.39 is 46.9 Å². The average molecular weight is 478 g/mol. The van der Waals surface area contributed by atoms with Gasteiger partial charge in [0.25, 0.3) is 5.91 Å². The van der Waals surface area contributed by atoms with Crippen LogP contribution in [0.4, 0.5) is 22.0 Å². The van der Waals surface area contributed by atoms with Crippen LogP contribution in [0.3, 0.4) is 0 Å². The predicted molar refractivity (Wildman–Crippen MR) is 112 cm³/mol. The number of benzene rings is 2. The maximum atomic E-state index is 13.8. The molecule has 1 amide bonds. The summed E-state index contributed by atoms with van der Waals surface area (Å²) in [5.41, 5.74) is -0.771. The summed E-state index contributed by atoms with van der Waals surface area (Å²) < 4.78 is 67.9. The number of amides is 1. The second kappa shape index (κ2) is 9.98. The van der Waals surface area contributed by atoms with Gasteiger partial charge in [0.2, 0.25) is 0 Å². The van der Waals surface area contributed by atoms with E-state index >= 15 is 0 Å². The Balaban J connectivity index is 1.81. The number of nitrogens with zero attached hydrogens (tertiary/aromatic N) is 1. The fraction of sp³-hybridized carbons (Fsp3) is 0.208. The predicted octanol–water partition coefficient (Wildman–Crippen LogP) is 4.70. The molecule has 0 radical (unpaired) electrons. The van der Waals surface area contributed by atoms with Gasteiger partial charge in [-0.15, -0.1) is 0 Å². The highest BCUT2D eigenvalue weighted by Crippen LogP contribution is 2.32. The van der Waals surface area contributed by atoms with Gasteiger partial charge in [-0.2, -0.15) is 13.2 Å². The molecule has 34 heavy (non-hydrogen) atoms. The number of halogens is 5. The lowest BCUT2D eigenvalue weighted by Crippen LogP contribution is -2.43. The van der Waals surface area contributed by atoms with Crippen LogP contribution >= 0.6 is 0 Å². The first-order chi connectivity index (χ1) is 16.0. The second-order valence-electron chi connectivity index (χ2n) is 7.67. The van der Waals surface area contributed by atoms with Gasteiger partial charge in [0.1, 0.15) is 23.2 Å². The van der Waals surface area contributed by atoms with Gasteiger partial charge >= 0.3 is 12.1 Å². The molecule has 2 N–H and O–H groups in total. The summed E-state index contributed by atoms with van der Waals surface area (Å²) in [7, 11) is 0. The van der Waals surface area contributed by atoms with E-state index in [1.807, 2.05) is 0 Å². The third kappa shape index (κ3) is 5.94. The minimum Gasteiger partial charge on any atom is -0.480 e. The smallest absolute Gasteiger partial charge is 0.418 e. The Morgan fingerprint density at radius 1 is 1.03 bits per heavy atom. The monoisotopic (exact) mass is 478 g/mol. The zero-order chi connectivity index (χ0) is 25.0. The van der Waals surface area contributed by atoms with Crippen LogP contribution in [0.15, 0.2) is 54.7 Å². The van der Waals surface area contributed by atoms with Crippen LogP contribution in [0.25, 0.3) is 0 Å². The summed E-state index contributed by atoms with van der Waals surface area (Å²) >= 11 is 0. The largest absolute Gasteiger partial charge is 0.480 e. The number of hydrogen-bond acceptors (Lipinski definition) is 3. The number of pyridine rings is 1. The van der Waals surface area contributed by atoms with Gasteiger partial charge in [0.05, 0.1) is 11.3 Å². The number of carboxylic acid groups (broad SMARTS) is 1. The fourth-order valence-electron chi connectivity index (χ4n) is 3.42. The number of nitrogens with one attached hydrogen (secondary N) is 1. The third-order valence-corrected chi connectivity index (χ3v) is 5.01. The standard InChI is InChI=1S/C24H19F5N2O3/c1-13-8-16(24(27,28)29)19(30-12-13)10-14-4-2-5-15(9-14)11-20(23(33)34)31-22(32)21-17(25)6-3-7-18(21)26/h2-9,12,20H,10-11H2,1H3,(H,31,32)(H,33,34)/t20-/m0/s1. The number of hydrogen-bond donors (Lipinski definition) is 2. The number of rotatable bonds is 7. The highest BCUT2D eigenvalue weighted by molar-refractivity contribution is 5.97. The van der Waals surface area contributed by atoms with Gasteiger partial charge < -0.3 is 10.4 Å². The Kier molecular flexibility index (Phi) is 7.29. The van der Waals surface area contributed by atoms with E-state index in [1.54, 1.807) is 6.07 Å². The molecular weight excluding hydrogens is 459 g/mol. The zero-order valence-corrected chi connectivity index (χ0v) is 17.8. The van der Waals surface area contributed by atoms with Gasteiger partial charge in [-0.1, -0.05) is 30.3 Å². The summed E-state index contributed by atoms with van der Waals surface area (Å²) in [5.74, 6) is -4.97. The van der Waals surface area contributed by atoms with Crippen molar-refractivity contribution in [2.75, 3.05) is 0 Å². The molecule has 0 spiro atoms. The van der Waals surface area contributed by atoms with Gasteiger partial charge in [-0.3, -0.25) is 9.78 Å². The van der Waals surface area contributed by atoms with E-state index in [1.165, 1.54) is 31.3 Å². The highest BCUT2D eigenvalue weighted by Gasteiger charge is 2.34. The molecule has 1 aromatic heterocycles. The topological polar surface area (TPSA) is 79.3 Å². The van der Waals surface area contributed by atoms with Crippen LogP contribution in [0.1, 0.15) is 38.3 Å². The highest BCUT2D eigenvalue weighted by atomic mass is 19.4. The molecule has 0 fully saturated rings. The normalized spacial score (nSPS) is 12.3. The van der Waals surface area contributed by atoms with Crippen LogP contribution in [-0.2, 0) is 23.8 Å². The summed E-state index contributed by atoms with van der Waals surface area (Å²) in [5, 5.41) is 11.6. The Bertz CT molecular complexity index is 1210. The third-order valence-electron chi connectivity index (χ3n) is 5.01. The van der Waals surface area contributed by atoms with E-state index in [0.29, 0.717) is 16.7 Å². The lowest BCUT2D eigenvalue weighted by molar-refractivity contribution is -0.139. The Hall–Kier alpha value is -3.82. The molecule has 0 saturated carbocycles. The molecule has 1 heterocycles. The molecule has 0 aliphatic rings. The van der Waals surface area contributed by atoms with Crippen molar-refractivity contribution >= 4 is 11.9 Å². The van der Waals surface area contributed by atoms with E-state index in [9.17, 15) is 36.6 Å². The van der Waals surface area contributed by atoms with E-state index in [0.717, 1.165) is 24.3 Å². The van der Waals surface area contributed by atoms with Crippen molar-refractivity contribution in [2.45, 2.75) is 32.0 Å². The molecule has 0 aliphatic heterocycles. The maximum absolute atomic E-state index is 13.8. The lowest BCUT2D eigenvalue weighted by atomic mass is 9.99. The Morgan fingerprint density at radius 3 is 2.26 bits per heavy atom. The SMILES string of the molecule is Cc1cnc(Cc2cccc(C[C@H](NC(=O)c3c(F)cccc3F)C(=O)O)c2)c(C(F)(F)F)c1. The van der Waals surface area contributed by atoms with E-state index in [4.69, 9.17) is 0 Å². The van der Waals surface area contributed by atoms with Crippen LogP contribution in [0.5, 0.6) is 0 Å². The summed E-state index contributed by atoms with van der Waals surface area (Å²) in [6.45, 7) is 1.50.